The minimum absolute atomic E-state index is 0.00505. The van der Waals surface area contributed by atoms with E-state index < -0.39 is 12.1 Å². The average molecular weight is 954 g/mol. The Bertz CT molecular complexity index is 2140. The molecule has 0 atom stereocenters. The number of aromatic hydroxyl groups is 1. The van der Waals surface area contributed by atoms with E-state index in [0.717, 1.165) is 81.5 Å². The number of para-hydroxylation sites is 1. The van der Waals surface area contributed by atoms with E-state index in [4.69, 9.17) is 28.8 Å². The van der Waals surface area contributed by atoms with E-state index in [0.29, 0.717) is 89.9 Å². The zero-order chi connectivity index (χ0) is 48.5. The van der Waals surface area contributed by atoms with Crippen molar-refractivity contribution in [3.05, 3.63) is 82.9 Å². The van der Waals surface area contributed by atoms with E-state index >= 15 is 0 Å². The number of ether oxygens (including phenoxy) is 4. The molecule has 18 heteroatoms. The number of carboxylic acids is 1. The largest absolute Gasteiger partial charge is 0.506 e. The summed E-state index contributed by atoms with van der Waals surface area (Å²) < 4.78 is 55.6. The Labute approximate surface area is 396 Å². The van der Waals surface area contributed by atoms with E-state index in [9.17, 15) is 32.7 Å². The Morgan fingerprint density at radius 3 is 2.44 bits per heavy atom. The number of carbonyl (C=O) groups excluding carboxylic acids is 3. The number of likely N-dealkylation sites (tertiary alicyclic amines) is 1. The van der Waals surface area contributed by atoms with Crippen molar-refractivity contribution in [3.63, 3.8) is 0 Å². The molecule has 3 aromatic carbocycles. The van der Waals surface area contributed by atoms with Crippen LogP contribution in [0.2, 0.25) is 0 Å². The van der Waals surface area contributed by atoms with E-state index in [1.54, 1.807) is 6.07 Å². The Balaban J connectivity index is 0.00000101. The SMILES string of the molecule is CCOc1ccccc1CC(=O)N1CCOC2(CCN(Cc3cccc(CCOCCC(=O)N(CCNCCc4ccc(O)c5c4OCC(=O)N5)C4CCCCC4)c3)CC2)C1.O=C(O)C(F)(F)F. The molecule has 2 saturated heterocycles. The van der Waals surface area contributed by atoms with Gasteiger partial charge in [0.1, 0.15) is 17.2 Å². The molecule has 1 aliphatic carbocycles. The first-order valence-corrected chi connectivity index (χ1v) is 23.8. The van der Waals surface area contributed by atoms with Crippen LogP contribution in [-0.4, -0.2) is 145 Å². The Kier molecular flexibility index (Phi) is 19.3. The molecule has 15 nitrogen and oxygen atoms in total. The zero-order valence-corrected chi connectivity index (χ0v) is 39.0. The van der Waals surface area contributed by atoms with Gasteiger partial charge in [-0.2, -0.15) is 13.2 Å². The molecule has 0 bridgehead atoms. The van der Waals surface area contributed by atoms with Gasteiger partial charge in [0.2, 0.25) is 11.8 Å². The van der Waals surface area contributed by atoms with Gasteiger partial charge in [0.15, 0.2) is 12.4 Å². The fourth-order valence-electron chi connectivity index (χ4n) is 9.30. The second kappa shape index (κ2) is 25.3. The quantitative estimate of drug-likeness (QED) is 0.0799. The Morgan fingerprint density at radius 1 is 0.941 bits per heavy atom. The highest BCUT2D eigenvalue weighted by molar-refractivity contribution is 5.97. The average Bonchev–Trinajstić information content (AvgIpc) is 3.32. The summed E-state index contributed by atoms with van der Waals surface area (Å²) in [5, 5.41) is 23.5. The van der Waals surface area contributed by atoms with Gasteiger partial charge in [-0.05, 0) is 80.8 Å². The summed E-state index contributed by atoms with van der Waals surface area (Å²) in [6.07, 6.45) is 4.49. The first-order valence-electron chi connectivity index (χ1n) is 23.8. The van der Waals surface area contributed by atoms with Crippen LogP contribution in [0.5, 0.6) is 17.2 Å². The fraction of sp³-hybridized carbons (Fsp3) is 0.560. The molecule has 0 aromatic heterocycles. The zero-order valence-electron chi connectivity index (χ0n) is 39.0. The van der Waals surface area contributed by atoms with Crippen molar-refractivity contribution in [2.24, 2.45) is 0 Å². The third-order valence-corrected chi connectivity index (χ3v) is 12.9. The smallest absolute Gasteiger partial charge is 0.490 e. The predicted octanol–water partition coefficient (Wildman–Crippen LogP) is 6.13. The number of phenols is 1. The number of carboxylic acid groups (broad SMARTS) is 1. The second-order valence-corrected chi connectivity index (χ2v) is 17.7. The highest BCUT2D eigenvalue weighted by atomic mass is 19.4. The van der Waals surface area contributed by atoms with Crippen LogP contribution >= 0.6 is 0 Å². The van der Waals surface area contributed by atoms with E-state index in [-0.39, 0.29) is 41.7 Å². The first kappa shape index (κ1) is 52.0. The summed E-state index contributed by atoms with van der Waals surface area (Å²) in [7, 11) is 0. The molecule has 0 unspecified atom stereocenters. The van der Waals surface area contributed by atoms with Gasteiger partial charge in [-0.1, -0.05) is 67.8 Å². The van der Waals surface area contributed by atoms with Gasteiger partial charge in [0, 0.05) is 57.4 Å². The first-order chi connectivity index (χ1) is 32.7. The van der Waals surface area contributed by atoms with Gasteiger partial charge in [-0.15, -0.1) is 0 Å². The summed E-state index contributed by atoms with van der Waals surface area (Å²) in [5.74, 6) is -1.46. The van der Waals surface area contributed by atoms with Gasteiger partial charge in [-0.25, -0.2) is 4.79 Å². The number of amides is 3. The van der Waals surface area contributed by atoms with Gasteiger partial charge < -0.3 is 49.6 Å². The molecule has 0 radical (unpaired) electrons. The van der Waals surface area contributed by atoms with Crippen molar-refractivity contribution in [1.82, 2.24) is 20.0 Å². The number of nitrogens with zero attached hydrogens (tertiary/aromatic N) is 3. The molecule has 4 N–H and O–H groups in total. The molecule has 3 fully saturated rings. The van der Waals surface area contributed by atoms with Crippen LogP contribution < -0.4 is 20.1 Å². The lowest BCUT2D eigenvalue weighted by atomic mass is 9.89. The van der Waals surface area contributed by atoms with Crippen LogP contribution in [0.25, 0.3) is 0 Å². The summed E-state index contributed by atoms with van der Waals surface area (Å²) in [6, 6.07) is 20.2. The second-order valence-electron chi connectivity index (χ2n) is 17.7. The predicted molar refractivity (Wildman–Crippen MR) is 248 cm³/mol. The summed E-state index contributed by atoms with van der Waals surface area (Å²) in [5.41, 5.74) is 4.39. The molecule has 3 amide bonds. The van der Waals surface area contributed by atoms with Crippen LogP contribution in [0, 0.1) is 0 Å². The minimum Gasteiger partial charge on any atom is -0.506 e. The molecule has 1 saturated carbocycles. The van der Waals surface area contributed by atoms with Crippen molar-refractivity contribution >= 4 is 29.4 Å². The van der Waals surface area contributed by atoms with Gasteiger partial charge in [-0.3, -0.25) is 19.3 Å². The molecule has 3 heterocycles. The van der Waals surface area contributed by atoms with Crippen LogP contribution in [0.4, 0.5) is 18.9 Å². The number of alkyl halides is 3. The normalized spacial score (nSPS) is 17.3. The van der Waals surface area contributed by atoms with E-state index in [2.05, 4.69) is 44.7 Å². The summed E-state index contributed by atoms with van der Waals surface area (Å²) >= 11 is 0. The number of anilines is 1. The Morgan fingerprint density at radius 2 is 1.69 bits per heavy atom. The van der Waals surface area contributed by atoms with Gasteiger partial charge in [0.05, 0.1) is 44.9 Å². The highest BCUT2D eigenvalue weighted by Gasteiger charge is 2.41. The van der Waals surface area contributed by atoms with Gasteiger partial charge >= 0.3 is 12.1 Å². The van der Waals surface area contributed by atoms with E-state index in [1.165, 1.54) is 17.5 Å². The number of morpholine rings is 1. The molecule has 4 aliphatic rings. The molecule has 1 spiro atoms. The van der Waals surface area contributed by atoms with Crippen LogP contribution in [0.15, 0.2) is 60.7 Å². The minimum atomic E-state index is -5.08. The lowest BCUT2D eigenvalue weighted by Crippen LogP contribution is -2.58. The number of nitrogens with one attached hydrogen (secondary N) is 2. The summed E-state index contributed by atoms with van der Waals surface area (Å²) in [6.45, 7) is 9.96. The number of rotatable bonds is 19. The van der Waals surface area contributed by atoms with Crippen molar-refractivity contribution in [2.75, 3.05) is 84.2 Å². The number of carbonyl (C=O) groups is 4. The maximum Gasteiger partial charge on any atom is 0.490 e. The number of aliphatic carboxylic acids is 1. The summed E-state index contributed by atoms with van der Waals surface area (Å²) in [4.78, 5) is 54.2. The number of phenolic OH excluding ortho intramolecular Hbond substituents is 1. The third-order valence-electron chi connectivity index (χ3n) is 12.9. The van der Waals surface area contributed by atoms with Crippen LogP contribution in [-0.2, 0) is 54.5 Å². The maximum atomic E-state index is 13.6. The lowest BCUT2D eigenvalue weighted by molar-refractivity contribution is -0.192. The highest BCUT2D eigenvalue weighted by Crippen LogP contribution is 2.39. The fourth-order valence-corrected chi connectivity index (χ4v) is 9.30. The van der Waals surface area contributed by atoms with Crippen molar-refractivity contribution in [1.29, 1.82) is 0 Å². The number of halogens is 3. The number of hydrogen-bond acceptors (Lipinski definition) is 11. The number of fused-ring (bicyclic) bond motifs is 1. The van der Waals surface area contributed by atoms with Crippen molar-refractivity contribution < 1.29 is 61.5 Å². The number of benzene rings is 3. The number of hydrogen-bond donors (Lipinski definition) is 4. The molecule has 3 aliphatic heterocycles. The molecule has 7 rings (SSSR count). The standard InChI is InChI=1S/C48H65N5O8.C2HF3O2/c1-2-59-42-14-7-6-11-39(42)32-45(57)52-27-30-61-48(35-52)20-24-51(25-21-48)33-37-10-8-9-36(31-37)18-28-58-29-19-44(56)53(40-12-4-3-5-13-40)26-23-49-22-17-38-15-16-41(54)46-47(38)60-34-43(55)50-46;3-2(4,5)1(6)7/h6-11,14-16,31,40,49,54H,2-5,12-13,17-30,32-35H2,1H3,(H,50,55);(H,6,7). The lowest BCUT2D eigenvalue weighted by Gasteiger charge is -2.47. The molecular formula is C50H66F3N5O10. The third kappa shape index (κ3) is 15.3. The van der Waals surface area contributed by atoms with Crippen LogP contribution in [0.1, 0.15) is 80.5 Å². The van der Waals surface area contributed by atoms with Crippen molar-refractivity contribution in [2.45, 2.75) is 102 Å². The Hall–Kier alpha value is -5.43. The van der Waals surface area contributed by atoms with E-state index in [1.807, 2.05) is 42.2 Å². The topological polar surface area (TPSA) is 179 Å². The van der Waals surface area contributed by atoms with Gasteiger partial charge in [0.25, 0.3) is 5.91 Å². The monoisotopic (exact) mass is 953 g/mol. The van der Waals surface area contributed by atoms with Crippen molar-refractivity contribution in [3.8, 4) is 17.2 Å². The molecule has 3 aromatic rings. The maximum absolute atomic E-state index is 13.6. The molecule has 372 valence electrons. The molecular weight excluding hydrogens is 888 g/mol. The number of piperidine rings is 1. The van der Waals surface area contributed by atoms with Crippen LogP contribution in [0.3, 0.4) is 0 Å². The molecule has 68 heavy (non-hydrogen) atoms.